The van der Waals surface area contributed by atoms with Gasteiger partial charge < -0.3 is 14.8 Å². The van der Waals surface area contributed by atoms with E-state index in [2.05, 4.69) is 10.4 Å². The summed E-state index contributed by atoms with van der Waals surface area (Å²) in [5, 5.41) is 7.41. The number of para-hydroxylation sites is 1. The summed E-state index contributed by atoms with van der Waals surface area (Å²) >= 11 is 1.45. The van der Waals surface area contributed by atoms with Gasteiger partial charge in [-0.3, -0.25) is 4.79 Å². The van der Waals surface area contributed by atoms with Crippen molar-refractivity contribution in [3.05, 3.63) is 60.3 Å². The van der Waals surface area contributed by atoms with Crippen LogP contribution in [0.25, 0.3) is 5.69 Å². The fraction of sp³-hybridized carbons (Fsp3) is 0.200. The van der Waals surface area contributed by atoms with Crippen molar-refractivity contribution in [3.8, 4) is 17.2 Å². The van der Waals surface area contributed by atoms with E-state index >= 15 is 0 Å². The van der Waals surface area contributed by atoms with E-state index in [0.717, 1.165) is 27.8 Å². The molecule has 2 heterocycles. The maximum atomic E-state index is 12.4. The Morgan fingerprint density at radius 3 is 2.70 bits per heavy atom. The van der Waals surface area contributed by atoms with E-state index in [1.54, 1.807) is 4.68 Å². The van der Waals surface area contributed by atoms with Crippen LogP contribution in [0, 0.1) is 6.92 Å². The van der Waals surface area contributed by atoms with E-state index in [-0.39, 0.29) is 5.91 Å². The normalized spacial score (nSPS) is 12.6. The van der Waals surface area contributed by atoms with Crippen molar-refractivity contribution in [1.82, 2.24) is 9.78 Å². The van der Waals surface area contributed by atoms with Crippen LogP contribution in [0.3, 0.4) is 0 Å². The summed E-state index contributed by atoms with van der Waals surface area (Å²) < 4.78 is 12.8. The van der Waals surface area contributed by atoms with Gasteiger partial charge in [0.15, 0.2) is 11.5 Å². The summed E-state index contributed by atoms with van der Waals surface area (Å²) in [5.41, 5.74) is 1.74. The first-order chi connectivity index (χ1) is 13.2. The van der Waals surface area contributed by atoms with E-state index in [1.807, 2.05) is 61.5 Å². The summed E-state index contributed by atoms with van der Waals surface area (Å²) in [6.45, 7) is 3.01. The smallest absolute Gasteiger partial charge is 0.235 e. The van der Waals surface area contributed by atoms with Crippen molar-refractivity contribution >= 4 is 23.5 Å². The molecule has 0 bridgehead atoms. The molecule has 0 fully saturated rings. The highest BCUT2D eigenvalue weighted by atomic mass is 32.2. The lowest BCUT2D eigenvalue weighted by Gasteiger charge is -2.18. The van der Waals surface area contributed by atoms with E-state index < -0.39 is 0 Å². The van der Waals surface area contributed by atoms with E-state index in [0.29, 0.717) is 24.8 Å². The highest BCUT2D eigenvalue weighted by molar-refractivity contribution is 8.00. The molecule has 3 aromatic rings. The molecule has 0 radical (unpaired) electrons. The fourth-order valence-electron chi connectivity index (χ4n) is 2.80. The van der Waals surface area contributed by atoms with Crippen LogP contribution in [-0.2, 0) is 4.79 Å². The molecule has 6 nitrogen and oxygen atoms in total. The highest BCUT2D eigenvalue weighted by Gasteiger charge is 2.14. The lowest BCUT2D eigenvalue weighted by Crippen LogP contribution is -2.17. The number of benzene rings is 2. The van der Waals surface area contributed by atoms with Crippen molar-refractivity contribution in [1.29, 1.82) is 0 Å². The molecule has 1 N–H and O–H groups in total. The van der Waals surface area contributed by atoms with Gasteiger partial charge in [0.2, 0.25) is 5.91 Å². The molecule has 1 aliphatic heterocycles. The lowest BCUT2D eigenvalue weighted by molar-refractivity contribution is -0.113. The van der Waals surface area contributed by atoms with Gasteiger partial charge in [-0.05, 0) is 37.3 Å². The molecule has 138 valence electrons. The van der Waals surface area contributed by atoms with E-state index in [9.17, 15) is 4.79 Å². The molecule has 2 aromatic carbocycles. The first kappa shape index (κ1) is 17.5. The van der Waals surface area contributed by atoms with Crippen molar-refractivity contribution in [3.63, 3.8) is 0 Å². The van der Waals surface area contributed by atoms with Crippen molar-refractivity contribution in [2.45, 2.75) is 11.8 Å². The number of ether oxygens (including phenoxy) is 2. The zero-order chi connectivity index (χ0) is 18.6. The fourth-order valence-corrected chi connectivity index (χ4v) is 3.52. The number of hydrogen-bond acceptors (Lipinski definition) is 5. The zero-order valence-corrected chi connectivity index (χ0v) is 15.7. The lowest BCUT2D eigenvalue weighted by atomic mass is 10.3. The topological polar surface area (TPSA) is 65.4 Å². The predicted molar refractivity (Wildman–Crippen MR) is 105 cm³/mol. The monoisotopic (exact) mass is 381 g/mol. The van der Waals surface area contributed by atoms with Crippen molar-refractivity contribution in [2.24, 2.45) is 0 Å². The molecular weight excluding hydrogens is 362 g/mol. The van der Waals surface area contributed by atoms with Gasteiger partial charge in [0.1, 0.15) is 19.0 Å². The van der Waals surface area contributed by atoms with Crippen LogP contribution in [0.1, 0.15) is 5.69 Å². The van der Waals surface area contributed by atoms with Gasteiger partial charge in [0.05, 0.1) is 17.1 Å². The van der Waals surface area contributed by atoms with Crippen LogP contribution in [0.15, 0.2) is 59.5 Å². The Hall–Kier alpha value is -2.93. The van der Waals surface area contributed by atoms with Crippen molar-refractivity contribution in [2.75, 3.05) is 24.3 Å². The predicted octanol–water partition coefficient (Wildman–Crippen LogP) is 3.68. The number of rotatable bonds is 5. The van der Waals surface area contributed by atoms with E-state index in [1.165, 1.54) is 11.8 Å². The first-order valence-electron chi connectivity index (χ1n) is 8.63. The molecule has 1 aromatic heterocycles. The molecule has 0 spiro atoms. The first-order valence-corrected chi connectivity index (χ1v) is 9.62. The van der Waals surface area contributed by atoms with Gasteiger partial charge in [-0.2, -0.15) is 5.10 Å². The number of carbonyl (C=O) groups is 1. The number of nitrogens with one attached hydrogen (secondary N) is 1. The van der Waals surface area contributed by atoms with Gasteiger partial charge in [0, 0.05) is 11.0 Å². The van der Waals surface area contributed by atoms with Crippen LogP contribution < -0.4 is 14.8 Å². The molecule has 0 saturated carbocycles. The minimum Gasteiger partial charge on any atom is -0.486 e. The average Bonchev–Trinajstić information content (AvgIpc) is 3.07. The van der Waals surface area contributed by atoms with E-state index in [4.69, 9.17) is 9.47 Å². The molecule has 0 saturated heterocycles. The van der Waals surface area contributed by atoms with Crippen LogP contribution in [0.4, 0.5) is 5.82 Å². The molecule has 1 amide bonds. The van der Waals surface area contributed by atoms with Gasteiger partial charge >= 0.3 is 0 Å². The second-order valence-electron chi connectivity index (χ2n) is 6.06. The Balaban J connectivity index is 1.42. The number of aromatic nitrogens is 2. The third-order valence-electron chi connectivity index (χ3n) is 3.98. The summed E-state index contributed by atoms with van der Waals surface area (Å²) in [4.78, 5) is 13.4. The Bertz CT molecular complexity index is 956. The zero-order valence-electron chi connectivity index (χ0n) is 14.8. The molecule has 7 heteroatoms. The summed E-state index contributed by atoms with van der Waals surface area (Å²) in [6, 6.07) is 17.3. The van der Waals surface area contributed by atoms with Crippen LogP contribution in [0.2, 0.25) is 0 Å². The minimum absolute atomic E-state index is 0.0908. The molecular formula is C20H19N3O3S. The molecule has 0 aliphatic carbocycles. The highest BCUT2D eigenvalue weighted by Crippen LogP contribution is 2.34. The summed E-state index contributed by atoms with van der Waals surface area (Å²) in [6.07, 6.45) is 0. The summed E-state index contributed by atoms with van der Waals surface area (Å²) in [7, 11) is 0. The Morgan fingerprint density at radius 2 is 1.89 bits per heavy atom. The SMILES string of the molecule is Cc1cc(NC(=O)CSc2ccc3c(c2)OCCO3)n(-c2ccccc2)n1. The third-order valence-corrected chi connectivity index (χ3v) is 4.98. The molecule has 4 rings (SSSR count). The Morgan fingerprint density at radius 1 is 1.11 bits per heavy atom. The number of hydrogen-bond donors (Lipinski definition) is 1. The van der Waals surface area contributed by atoms with Crippen LogP contribution in [0.5, 0.6) is 11.5 Å². The van der Waals surface area contributed by atoms with Gasteiger partial charge in [0.25, 0.3) is 0 Å². The van der Waals surface area contributed by atoms with Gasteiger partial charge in [-0.1, -0.05) is 18.2 Å². The molecule has 0 unspecified atom stereocenters. The molecule has 27 heavy (non-hydrogen) atoms. The average molecular weight is 381 g/mol. The number of carbonyl (C=O) groups excluding carboxylic acids is 1. The largest absolute Gasteiger partial charge is 0.486 e. The standard InChI is InChI=1S/C20H19N3O3S/c1-14-11-19(23(22-14)15-5-3-2-4-6-15)21-20(24)13-27-16-7-8-17-18(12-16)26-10-9-25-17/h2-8,11-12H,9-10,13H2,1H3,(H,21,24). The van der Waals surface area contributed by atoms with Gasteiger partial charge in [-0.15, -0.1) is 11.8 Å². The summed E-state index contributed by atoms with van der Waals surface area (Å²) in [5.74, 6) is 2.33. The number of thioether (sulfide) groups is 1. The Kier molecular flexibility index (Phi) is 5.02. The number of nitrogens with zero attached hydrogens (tertiary/aromatic N) is 2. The second kappa shape index (κ2) is 7.75. The van der Waals surface area contributed by atoms with Crippen LogP contribution >= 0.6 is 11.8 Å². The number of anilines is 1. The van der Waals surface area contributed by atoms with Crippen molar-refractivity contribution < 1.29 is 14.3 Å². The molecule has 0 atom stereocenters. The third kappa shape index (κ3) is 4.09. The minimum atomic E-state index is -0.0908. The number of fused-ring (bicyclic) bond motifs is 1. The Labute approximate surface area is 161 Å². The number of aryl methyl sites for hydroxylation is 1. The quantitative estimate of drug-likeness (QED) is 0.683. The maximum absolute atomic E-state index is 12.4. The maximum Gasteiger partial charge on any atom is 0.235 e. The van der Waals surface area contributed by atoms with Gasteiger partial charge in [-0.25, -0.2) is 4.68 Å². The number of amides is 1. The van der Waals surface area contributed by atoms with Crippen LogP contribution in [-0.4, -0.2) is 34.7 Å². The molecule has 1 aliphatic rings. The second-order valence-corrected chi connectivity index (χ2v) is 7.11.